The molecule has 0 N–H and O–H groups in total. The van der Waals surface area contributed by atoms with Crippen LogP contribution in [0.4, 0.5) is 0 Å². The van der Waals surface area contributed by atoms with E-state index in [4.69, 9.17) is 4.74 Å². The summed E-state index contributed by atoms with van der Waals surface area (Å²) >= 11 is 1.46. The summed E-state index contributed by atoms with van der Waals surface area (Å²) in [6, 6.07) is 16.6. The molecule has 0 fully saturated rings. The van der Waals surface area contributed by atoms with Gasteiger partial charge in [0.15, 0.2) is 0 Å². The molecule has 3 rings (SSSR count). The number of carbonyl (C=O) groups is 1. The van der Waals surface area contributed by atoms with Crippen molar-refractivity contribution in [1.82, 2.24) is 0 Å². The van der Waals surface area contributed by atoms with Crippen LogP contribution in [0, 0.1) is 6.92 Å². The fourth-order valence-corrected chi connectivity index (χ4v) is 3.13. The number of benzene rings is 2. The number of aryl methyl sites for hydroxylation is 1. The van der Waals surface area contributed by atoms with Crippen LogP contribution in [0.5, 0.6) is 0 Å². The molecule has 1 heterocycles. The maximum absolute atomic E-state index is 11.6. The number of ether oxygens (including phenoxy) is 1. The molecule has 0 amide bonds. The number of rotatable bonds is 2. The van der Waals surface area contributed by atoms with Crippen molar-refractivity contribution in [3.8, 4) is 11.1 Å². The van der Waals surface area contributed by atoms with Crippen LogP contribution in [0.1, 0.15) is 15.2 Å². The first-order valence-corrected chi connectivity index (χ1v) is 7.18. The molecular weight excluding hydrogens is 268 g/mol. The van der Waals surface area contributed by atoms with Gasteiger partial charge in [-0.2, -0.15) is 0 Å². The van der Waals surface area contributed by atoms with Crippen molar-refractivity contribution < 1.29 is 9.53 Å². The smallest absolute Gasteiger partial charge is 0.348 e. The fraction of sp³-hybridized carbons (Fsp3) is 0.118. The molecule has 3 aromatic rings. The molecule has 0 spiro atoms. The first-order valence-electron chi connectivity index (χ1n) is 6.36. The van der Waals surface area contributed by atoms with Crippen molar-refractivity contribution in [2.75, 3.05) is 7.11 Å². The summed E-state index contributed by atoms with van der Waals surface area (Å²) in [5, 5.41) is 1.08. The van der Waals surface area contributed by atoms with Crippen LogP contribution in [0.2, 0.25) is 0 Å². The summed E-state index contributed by atoms with van der Waals surface area (Å²) in [5.41, 5.74) is 3.59. The molecular formula is C17H14O2S. The van der Waals surface area contributed by atoms with Gasteiger partial charge in [-0.1, -0.05) is 35.9 Å². The molecule has 2 nitrogen and oxygen atoms in total. The molecule has 0 atom stereocenters. The van der Waals surface area contributed by atoms with E-state index in [0.717, 1.165) is 15.6 Å². The zero-order valence-corrected chi connectivity index (χ0v) is 12.2. The molecule has 0 aliphatic rings. The maximum atomic E-state index is 11.6. The molecule has 100 valence electrons. The maximum Gasteiger partial charge on any atom is 0.348 e. The Labute approximate surface area is 121 Å². The van der Waals surface area contributed by atoms with Gasteiger partial charge in [-0.05, 0) is 41.6 Å². The van der Waals surface area contributed by atoms with Gasteiger partial charge in [0.2, 0.25) is 0 Å². The summed E-state index contributed by atoms with van der Waals surface area (Å²) in [7, 11) is 1.41. The van der Waals surface area contributed by atoms with Crippen molar-refractivity contribution in [2.24, 2.45) is 0 Å². The van der Waals surface area contributed by atoms with E-state index < -0.39 is 0 Å². The van der Waals surface area contributed by atoms with Gasteiger partial charge in [0.25, 0.3) is 0 Å². The van der Waals surface area contributed by atoms with Gasteiger partial charge in [0.1, 0.15) is 4.88 Å². The Bertz CT molecular complexity index is 769. The van der Waals surface area contributed by atoms with Gasteiger partial charge in [0.05, 0.1) is 7.11 Å². The normalized spacial score (nSPS) is 10.7. The highest BCUT2D eigenvalue weighted by Gasteiger charge is 2.10. The average Bonchev–Trinajstić information content (AvgIpc) is 2.90. The Morgan fingerprint density at radius 1 is 1.00 bits per heavy atom. The minimum absolute atomic E-state index is 0.275. The molecule has 1 aromatic heterocycles. The number of hydrogen-bond donors (Lipinski definition) is 0. The fourth-order valence-electron chi connectivity index (χ4n) is 2.17. The summed E-state index contributed by atoms with van der Waals surface area (Å²) in [6.45, 7) is 2.08. The van der Waals surface area contributed by atoms with E-state index in [1.807, 2.05) is 6.07 Å². The Morgan fingerprint density at radius 2 is 1.70 bits per heavy atom. The predicted molar refractivity (Wildman–Crippen MR) is 83.3 cm³/mol. The third-order valence-electron chi connectivity index (χ3n) is 3.29. The quantitative estimate of drug-likeness (QED) is 0.639. The van der Waals surface area contributed by atoms with E-state index in [1.54, 1.807) is 0 Å². The van der Waals surface area contributed by atoms with Gasteiger partial charge < -0.3 is 4.74 Å². The van der Waals surface area contributed by atoms with Gasteiger partial charge in [-0.25, -0.2) is 4.79 Å². The monoisotopic (exact) mass is 282 g/mol. The minimum Gasteiger partial charge on any atom is -0.465 e. The Kier molecular flexibility index (Phi) is 3.28. The molecule has 0 bridgehead atoms. The average molecular weight is 282 g/mol. The number of methoxy groups -OCH3 is 1. The molecule has 0 saturated carbocycles. The van der Waals surface area contributed by atoms with E-state index in [0.29, 0.717) is 4.88 Å². The van der Waals surface area contributed by atoms with E-state index in [2.05, 4.69) is 49.4 Å². The number of fused-ring (bicyclic) bond motifs is 1. The molecule has 20 heavy (non-hydrogen) atoms. The Balaban J connectivity index is 2.06. The lowest BCUT2D eigenvalue weighted by Crippen LogP contribution is -1.96. The topological polar surface area (TPSA) is 26.3 Å². The number of carbonyl (C=O) groups excluding carboxylic acids is 1. The standard InChI is InChI=1S/C17H14O2S/c1-11-3-5-12(6-4-11)13-7-8-15-14(9-13)10-16(20-15)17(18)19-2/h3-10H,1-2H3. The molecule has 0 unspecified atom stereocenters. The van der Waals surface area contributed by atoms with Crippen LogP contribution in [-0.2, 0) is 4.74 Å². The molecule has 0 saturated heterocycles. The number of thiophene rings is 1. The first kappa shape index (κ1) is 12.9. The number of esters is 1. The predicted octanol–water partition coefficient (Wildman–Crippen LogP) is 4.66. The van der Waals surface area contributed by atoms with E-state index in [-0.39, 0.29) is 5.97 Å². The van der Waals surface area contributed by atoms with Crippen LogP contribution in [0.3, 0.4) is 0 Å². The van der Waals surface area contributed by atoms with E-state index >= 15 is 0 Å². The van der Waals surface area contributed by atoms with Crippen LogP contribution in [-0.4, -0.2) is 13.1 Å². The zero-order chi connectivity index (χ0) is 14.1. The van der Waals surface area contributed by atoms with Gasteiger partial charge >= 0.3 is 5.97 Å². The second-order valence-electron chi connectivity index (χ2n) is 4.72. The SMILES string of the molecule is COC(=O)c1cc2cc(-c3ccc(C)cc3)ccc2s1. The third-order valence-corrected chi connectivity index (χ3v) is 4.38. The highest BCUT2D eigenvalue weighted by molar-refractivity contribution is 7.20. The van der Waals surface area contributed by atoms with Crippen molar-refractivity contribution in [1.29, 1.82) is 0 Å². The molecule has 0 aliphatic carbocycles. The first-order chi connectivity index (χ1) is 9.67. The molecule has 3 heteroatoms. The van der Waals surface area contributed by atoms with Crippen molar-refractivity contribution >= 4 is 27.4 Å². The molecule has 0 aliphatic heterocycles. The third kappa shape index (κ3) is 2.32. The van der Waals surface area contributed by atoms with Crippen molar-refractivity contribution in [3.05, 3.63) is 59.0 Å². The second-order valence-corrected chi connectivity index (χ2v) is 5.80. The molecule has 0 radical (unpaired) electrons. The number of hydrogen-bond acceptors (Lipinski definition) is 3. The van der Waals surface area contributed by atoms with Gasteiger partial charge in [0, 0.05) is 4.70 Å². The van der Waals surface area contributed by atoms with Gasteiger partial charge in [-0.15, -0.1) is 11.3 Å². The minimum atomic E-state index is -0.275. The zero-order valence-electron chi connectivity index (χ0n) is 11.3. The van der Waals surface area contributed by atoms with Crippen molar-refractivity contribution in [2.45, 2.75) is 6.92 Å². The van der Waals surface area contributed by atoms with Crippen LogP contribution in [0.15, 0.2) is 48.5 Å². The van der Waals surface area contributed by atoms with Crippen molar-refractivity contribution in [3.63, 3.8) is 0 Å². The summed E-state index contributed by atoms with van der Waals surface area (Å²) in [5.74, 6) is -0.275. The second kappa shape index (κ2) is 5.10. The lowest BCUT2D eigenvalue weighted by Gasteiger charge is -2.02. The summed E-state index contributed by atoms with van der Waals surface area (Å²) in [4.78, 5) is 12.2. The highest BCUT2D eigenvalue weighted by atomic mass is 32.1. The largest absolute Gasteiger partial charge is 0.465 e. The Morgan fingerprint density at radius 3 is 2.40 bits per heavy atom. The lowest BCUT2D eigenvalue weighted by atomic mass is 10.0. The molecule has 2 aromatic carbocycles. The summed E-state index contributed by atoms with van der Waals surface area (Å²) in [6.07, 6.45) is 0. The highest BCUT2D eigenvalue weighted by Crippen LogP contribution is 2.30. The van der Waals surface area contributed by atoms with Gasteiger partial charge in [-0.3, -0.25) is 0 Å². The van der Waals surface area contributed by atoms with Crippen LogP contribution >= 0.6 is 11.3 Å². The van der Waals surface area contributed by atoms with Crippen LogP contribution in [0.25, 0.3) is 21.2 Å². The Hall–Kier alpha value is -2.13. The van der Waals surface area contributed by atoms with E-state index in [9.17, 15) is 4.79 Å². The van der Waals surface area contributed by atoms with E-state index in [1.165, 1.54) is 29.6 Å². The lowest BCUT2D eigenvalue weighted by molar-refractivity contribution is 0.0606. The summed E-state index contributed by atoms with van der Waals surface area (Å²) < 4.78 is 5.86. The van der Waals surface area contributed by atoms with Crippen LogP contribution < -0.4 is 0 Å².